The highest BCUT2D eigenvalue weighted by atomic mass is 32.1. The number of hydrogen-bond acceptors (Lipinski definition) is 4. The summed E-state index contributed by atoms with van der Waals surface area (Å²) in [6, 6.07) is 0.322. The standard InChI is InChI=1S/C11H16N4S/c1-3-15-7-10(4-14-15)9(2)13-6-11-5-12-8-16-11/h4-5,7-9,13H,3,6H2,1-2H3. The summed E-state index contributed by atoms with van der Waals surface area (Å²) in [6.07, 6.45) is 5.91. The lowest BCUT2D eigenvalue weighted by atomic mass is 10.2. The first-order valence-corrected chi connectivity index (χ1v) is 6.30. The highest BCUT2D eigenvalue weighted by Gasteiger charge is 2.07. The van der Waals surface area contributed by atoms with Crippen molar-refractivity contribution in [2.75, 3.05) is 0 Å². The minimum atomic E-state index is 0.322. The fraction of sp³-hybridized carbons (Fsp3) is 0.455. The second kappa shape index (κ2) is 5.23. The van der Waals surface area contributed by atoms with Crippen LogP contribution in [0.1, 0.15) is 30.3 Å². The van der Waals surface area contributed by atoms with Crippen LogP contribution >= 0.6 is 11.3 Å². The van der Waals surface area contributed by atoms with Crippen LogP contribution in [-0.4, -0.2) is 14.8 Å². The van der Waals surface area contributed by atoms with Crippen molar-refractivity contribution in [3.63, 3.8) is 0 Å². The Morgan fingerprint density at radius 1 is 1.50 bits per heavy atom. The molecule has 0 saturated heterocycles. The molecule has 0 aliphatic heterocycles. The van der Waals surface area contributed by atoms with E-state index < -0.39 is 0 Å². The third-order valence-corrected chi connectivity index (χ3v) is 3.32. The highest BCUT2D eigenvalue weighted by Crippen LogP contribution is 2.13. The molecule has 0 radical (unpaired) electrons. The Balaban J connectivity index is 1.90. The minimum absolute atomic E-state index is 0.322. The van der Waals surface area contributed by atoms with Gasteiger partial charge in [-0.3, -0.25) is 9.67 Å². The maximum atomic E-state index is 4.27. The van der Waals surface area contributed by atoms with Crippen LogP contribution in [0.25, 0.3) is 0 Å². The van der Waals surface area contributed by atoms with E-state index in [0.717, 1.165) is 13.1 Å². The van der Waals surface area contributed by atoms with Crippen molar-refractivity contribution in [1.82, 2.24) is 20.1 Å². The van der Waals surface area contributed by atoms with Crippen molar-refractivity contribution in [3.8, 4) is 0 Å². The molecule has 1 atom stereocenters. The van der Waals surface area contributed by atoms with Crippen molar-refractivity contribution in [1.29, 1.82) is 0 Å². The highest BCUT2D eigenvalue weighted by molar-refractivity contribution is 7.09. The zero-order valence-corrected chi connectivity index (χ0v) is 10.4. The molecule has 0 aliphatic carbocycles. The Morgan fingerprint density at radius 3 is 3.00 bits per heavy atom. The van der Waals surface area contributed by atoms with Gasteiger partial charge in [-0.25, -0.2) is 0 Å². The van der Waals surface area contributed by atoms with Gasteiger partial charge in [0.1, 0.15) is 0 Å². The van der Waals surface area contributed by atoms with Gasteiger partial charge in [-0.05, 0) is 13.8 Å². The van der Waals surface area contributed by atoms with E-state index in [9.17, 15) is 0 Å². The van der Waals surface area contributed by atoms with Crippen LogP contribution in [0.5, 0.6) is 0 Å². The van der Waals surface area contributed by atoms with Gasteiger partial charge in [0.05, 0.1) is 11.7 Å². The summed E-state index contributed by atoms with van der Waals surface area (Å²) in [4.78, 5) is 5.31. The molecule has 0 fully saturated rings. The Kier molecular flexibility index (Phi) is 3.69. The number of aromatic nitrogens is 3. The van der Waals surface area contributed by atoms with E-state index in [1.54, 1.807) is 11.3 Å². The SMILES string of the molecule is CCn1cc(C(C)NCc2cncs2)cn1. The predicted molar refractivity (Wildman–Crippen MR) is 65.3 cm³/mol. The van der Waals surface area contributed by atoms with Crippen molar-refractivity contribution >= 4 is 11.3 Å². The fourth-order valence-corrected chi connectivity index (χ4v) is 2.02. The van der Waals surface area contributed by atoms with E-state index in [4.69, 9.17) is 0 Å². The van der Waals surface area contributed by atoms with Gasteiger partial charge in [0.2, 0.25) is 0 Å². The van der Waals surface area contributed by atoms with E-state index in [1.807, 2.05) is 22.6 Å². The summed E-state index contributed by atoms with van der Waals surface area (Å²) in [5, 5.41) is 7.72. The van der Waals surface area contributed by atoms with Crippen LogP contribution in [0, 0.1) is 0 Å². The van der Waals surface area contributed by atoms with E-state index in [1.165, 1.54) is 10.4 Å². The Morgan fingerprint density at radius 2 is 2.38 bits per heavy atom. The molecular formula is C11H16N4S. The van der Waals surface area contributed by atoms with Gasteiger partial charge >= 0.3 is 0 Å². The third-order valence-electron chi connectivity index (χ3n) is 2.54. The summed E-state index contributed by atoms with van der Waals surface area (Å²) in [5.41, 5.74) is 3.09. The summed E-state index contributed by atoms with van der Waals surface area (Å²) in [7, 11) is 0. The van der Waals surface area contributed by atoms with Crippen LogP contribution in [0.3, 0.4) is 0 Å². The predicted octanol–water partition coefficient (Wildman–Crippen LogP) is 2.21. The second-order valence-electron chi connectivity index (χ2n) is 3.70. The van der Waals surface area contributed by atoms with E-state index in [-0.39, 0.29) is 0 Å². The van der Waals surface area contributed by atoms with Crippen LogP contribution in [0.15, 0.2) is 24.1 Å². The van der Waals surface area contributed by atoms with E-state index in [2.05, 4.69) is 35.4 Å². The molecule has 0 aliphatic rings. The molecule has 2 rings (SSSR count). The van der Waals surface area contributed by atoms with E-state index in [0.29, 0.717) is 6.04 Å². The molecular weight excluding hydrogens is 220 g/mol. The van der Waals surface area contributed by atoms with Gasteiger partial charge < -0.3 is 5.32 Å². The molecule has 16 heavy (non-hydrogen) atoms. The number of aryl methyl sites for hydroxylation is 1. The van der Waals surface area contributed by atoms with Crippen molar-refractivity contribution in [2.45, 2.75) is 33.0 Å². The number of nitrogens with zero attached hydrogens (tertiary/aromatic N) is 3. The summed E-state index contributed by atoms with van der Waals surface area (Å²) >= 11 is 1.68. The maximum Gasteiger partial charge on any atom is 0.0794 e. The van der Waals surface area contributed by atoms with Crippen LogP contribution in [0.4, 0.5) is 0 Å². The van der Waals surface area contributed by atoms with Gasteiger partial charge in [-0.15, -0.1) is 11.3 Å². The maximum absolute atomic E-state index is 4.27. The third kappa shape index (κ3) is 2.68. The average molecular weight is 236 g/mol. The summed E-state index contributed by atoms with van der Waals surface area (Å²) < 4.78 is 1.94. The van der Waals surface area contributed by atoms with Crippen molar-refractivity contribution < 1.29 is 0 Å². The molecule has 4 nitrogen and oxygen atoms in total. The molecule has 0 spiro atoms. The molecule has 0 saturated carbocycles. The van der Waals surface area contributed by atoms with Gasteiger partial charge in [-0.1, -0.05) is 0 Å². The van der Waals surface area contributed by atoms with Gasteiger partial charge in [0.15, 0.2) is 0 Å². The molecule has 0 aromatic carbocycles. The molecule has 86 valence electrons. The fourth-order valence-electron chi connectivity index (χ4n) is 1.48. The first kappa shape index (κ1) is 11.3. The summed E-state index contributed by atoms with van der Waals surface area (Å²) in [5.74, 6) is 0. The number of nitrogens with one attached hydrogen (secondary N) is 1. The van der Waals surface area contributed by atoms with Gasteiger partial charge in [-0.2, -0.15) is 5.10 Å². The molecule has 0 amide bonds. The van der Waals surface area contributed by atoms with Crippen LogP contribution in [0.2, 0.25) is 0 Å². The van der Waals surface area contributed by atoms with Crippen LogP contribution in [-0.2, 0) is 13.1 Å². The quantitative estimate of drug-likeness (QED) is 0.865. The van der Waals surface area contributed by atoms with Crippen molar-refractivity contribution in [3.05, 3.63) is 34.5 Å². The normalized spacial score (nSPS) is 12.9. The second-order valence-corrected chi connectivity index (χ2v) is 4.67. The first-order valence-electron chi connectivity index (χ1n) is 5.42. The smallest absolute Gasteiger partial charge is 0.0794 e. The molecule has 1 unspecified atom stereocenters. The van der Waals surface area contributed by atoms with Crippen LogP contribution < -0.4 is 5.32 Å². The minimum Gasteiger partial charge on any atom is -0.305 e. The lowest BCUT2D eigenvalue weighted by Gasteiger charge is -2.10. The zero-order valence-electron chi connectivity index (χ0n) is 9.55. The lowest BCUT2D eigenvalue weighted by molar-refractivity contribution is 0.576. The Labute approximate surface area is 99.3 Å². The summed E-state index contributed by atoms with van der Waals surface area (Å²) in [6.45, 7) is 6.02. The molecule has 2 aromatic heterocycles. The van der Waals surface area contributed by atoms with Gasteiger partial charge in [0.25, 0.3) is 0 Å². The molecule has 5 heteroatoms. The molecule has 1 N–H and O–H groups in total. The number of rotatable bonds is 5. The monoisotopic (exact) mass is 236 g/mol. The molecule has 0 bridgehead atoms. The zero-order chi connectivity index (χ0) is 11.4. The first-order chi connectivity index (χ1) is 7.79. The largest absolute Gasteiger partial charge is 0.305 e. The average Bonchev–Trinajstić information content (AvgIpc) is 2.96. The topological polar surface area (TPSA) is 42.7 Å². The number of thiazole rings is 1. The van der Waals surface area contributed by atoms with Gasteiger partial charge in [0, 0.05) is 42.0 Å². The molecule has 2 heterocycles. The van der Waals surface area contributed by atoms with E-state index >= 15 is 0 Å². The van der Waals surface area contributed by atoms with Crippen molar-refractivity contribution in [2.24, 2.45) is 0 Å². The number of hydrogen-bond donors (Lipinski definition) is 1. The lowest BCUT2D eigenvalue weighted by Crippen LogP contribution is -2.17. The Hall–Kier alpha value is -1.20. The molecule has 2 aromatic rings. The Bertz CT molecular complexity index is 421.